The summed E-state index contributed by atoms with van der Waals surface area (Å²) in [6, 6.07) is 9.26. The van der Waals surface area contributed by atoms with Crippen LogP contribution in [0, 0.1) is 13.8 Å². The van der Waals surface area contributed by atoms with Gasteiger partial charge < -0.3 is 19.8 Å². The lowest BCUT2D eigenvalue weighted by atomic mass is 10.1. The van der Waals surface area contributed by atoms with Crippen molar-refractivity contribution in [3.63, 3.8) is 0 Å². The second-order valence-corrected chi connectivity index (χ2v) is 6.77. The molecule has 0 radical (unpaired) electrons. The number of halogens is 1. The van der Waals surface area contributed by atoms with Gasteiger partial charge in [-0.3, -0.25) is 4.79 Å². The fourth-order valence-electron chi connectivity index (χ4n) is 3.05. The van der Waals surface area contributed by atoms with E-state index in [2.05, 4.69) is 10.3 Å². The molecule has 5 nitrogen and oxygen atoms in total. The number of aryl methyl sites for hydroxylation is 2. The number of hydrogen-bond acceptors (Lipinski definition) is 3. The van der Waals surface area contributed by atoms with Crippen molar-refractivity contribution in [1.82, 2.24) is 10.3 Å². The number of benzene rings is 2. The molecule has 2 N–H and O–H groups in total. The van der Waals surface area contributed by atoms with Gasteiger partial charge in [-0.05, 0) is 62.2 Å². The predicted molar refractivity (Wildman–Crippen MR) is 108 cm³/mol. The van der Waals surface area contributed by atoms with Crippen LogP contribution < -0.4 is 14.8 Å². The largest absolute Gasteiger partial charge is 0.493 e. The van der Waals surface area contributed by atoms with Crippen molar-refractivity contribution in [2.24, 2.45) is 0 Å². The summed E-state index contributed by atoms with van der Waals surface area (Å²) < 4.78 is 10.9. The molecule has 1 heterocycles. The highest BCUT2D eigenvalue weighted by Crippen LogP contribution is 2.36. The minimum absolute atomic E-state index is 0.140. The molecule has 0 fully saturated rings. The van der Waals surface area contributed by atoms with E-state index in [0.29, 0.717) is 35.2 Å². The summed E-state index contributed by atoms with van der Waals surface area (Å²) in [5.74, 6) is 0.924. The predicted octanol–water partition coefficient (Wildman–Crippen LogP) is 4.78. The van der Waals surface area contributed by atoms with E-state index in [1.165, 1.54) is 0 Å². The van der Waals surface area contributed by atoms with Crippen LogP contribution in [0.2, 0.25) is 5.02 Å². The Morgan fingerprint density at radius 1 is 1.22 bits per heavy atom. The second kappa shape index (κ2) is 7.92. The topological polar surface area (TPSA) is 63.3 Å². The number of amides is 1. The molecule has 0 spiro atoms. The van der Waals surface area contributed by atoms with Crippen molar-refractivity contribution in [1.29, 1.82) is 0 Å². The molecule has 0 bridgehead atoms. The number of carbonyl (C=O) groups is 1. The summed E-state index contributed by atoms with van der Waals surface area (Å²) in [5, 5.41) is 4.45. The van der Waals surface area contributed by atoms with Gasteiger partial charge >= 0.3 is 0 Å². The summed E-state index contributed by atoms with van der Waals surface area (Å²) in [5.41, 5.74) is 4.75. The molecular weight excluding hydrogens is 364 g/mol. The Labute approximate surface area is 163 Å². The standard InChI is InChI=1S/C21H23ClN2O3/c1-5-27-20-17(22)8-14(9-19(20)26-4)11-23-21(25)15-6-7-18-16(10-15)12(2)13(3)24-18/h6-10,24H,5,11H2,1-4H3,(H,23,25). The molecule has 0 saturated carbocycles. The number of aromatic nitrogens is 1. The maximum atomic E-state index is 12.6. The lowest BCUT2D eigenvalue weighted by Crippen LogP contribution is -2.22. The van der Waals surface area contributed by atoms with Crippen molar-refractivity contribution in [3.05, 3.63) is 57.7 Å². The molecule has 0 aliphatic rings. The molecule has 1 amide bonds. The van der Waals surface area contributed by atoms with Crippen molar-refractivity contribution < 1.29 is 14.3 Å². The monoisotopic (exact) mass is 386 g/mol. The highest BCUT2D eigenvalue weighted by atomic mass is 35.5. The Hall–Kier alpha value is -2.66. The molecular formula is C21H23ClN2O3. The van der Waals surface area contributed by atoms with Gasteiger partial charge in [-0.25, -0.2) is 0 Å². The molecule has 0 unspecified atom stereocenters. The van der Waals surface area contributed by atoms with Gasteiger partial charge in [-0.15, -0.1) is 0 Å². The normalized spacial score (nSPS) is 10.9. The van der Waals surface area contributed by atoms with E-state index in [1.807, 2.05) is 45.0 Å². The maximum Gasteiger partial charge on any atom is 0.251 e. The van der Waals surface area contributed by atoms with Crippen LogP contribution >= 0.6 is 11.6 Å². The number of H-pyrrole nitrogens is 1. The molecule has 6 heteroatoms. The van der Waals surface area contributed by atoms with Gasteiger partial charge in [-0.1, -0.05) is 11.6 Å². The minimum atomic E-state index is -0.140. The van der Waals surface area contributed by atoms with Crippen molar-refractivity contribution >= 4 is 28.4 Å². The molecule has 142 valence electrons. The smallest absolute Gasteiger partial charge is 0.251 e. The van der Waals surface area contributed by atoms with Crippen LogP contribution in [0.4, 0.5) is 0 Å². The number of ether oxygens (including phenoxy) is 2. The van der Waals surface area contributed by atoms with Crippen LogP contribution in [0.5, 0.6) is 11.5 Å². The average molecular weight is 387 g/mol. The highest BCUT2D eigenvalue weighted by molar-refractivity contribution is 6.32. The zero-order valence-electron chi connectivity index (χ0n) is 15.9. The summed E-state index contributed by atoms with van der Waals surface area (Å²) >= 11 is 6.29. The quantitative estimate of drug-likeness (QED) is 0.641. The first-order valence-corrected chi connectivity index (χ1v) is 9.18. The van der Waals surface area contributed by atoms with Crippen molar-refractivity contribution in [2.75, 3.05) is 13.7 Å². The molecule has 3 aromatic rings. The Kier molecular flexibility index (Phi) is 5.61. The minimum Gasteiger partial charge on any atom is -0.493 e. The number of nitrogens with one attached hydrogen (secondary N) is 2. The number of rotatable bonds is 6. The Morgan fingerprint density at radius 3 is 2.70 bits per heavy atom. The van der Waals surface area contributed by atoms with Crippen LogP contribution in [0.3, 0.4) is 0 Å². The maximum absolute atomic E-state index is 12.6. The van der Waals surface area contributed by atoms with Gasteiger partial charge in [0.15, 0.2) is 11.5 Å². The van der Waals surface area contributed by atoms with Crippen LogP contribution in [0.1, 0.15) is 34.1 Å². The first-order valence-electron chi connectivity index (χ1n) is 8.81. The third kappa shape index (κ3) is 3.88. The van der Waals surface area contributed by atoms with E-state index >= 15 is 0 Å². The fourth-order valence-corrected chi connectivity index (χ4v) is 3.33. The van der Waals surface area contributed by atoms with Gasteiger partial charge in [0.2, 0.25) is 0 Å². The van der Waals surface area contributed by atoms with Crippen LogP contribution in [0.15, 0.2) is 30.3 Å². The first kappa shape index (κ1) is 19.1. The van der Waals surface area contributed by atoms with E-state index < -0.39 is 0 Å². The summed E-state index contributed by atoms with van der Waals surface area (Å²) in [6.45, 7) is 6.79. The van der Waals surface area contributed by atoms with Crippen LogP contribution in [0.25, 0.3) is 10.9 Å². The van der Waals surface area contributed by atoms with Gasteiger partial charge in [0.05, 0.1) is 18.7 Å². The zero-order valence-corrected chi connectivity index (χ0v) is 16.7. The van der Waals surface area contributed by atoms with Gasteiger partial charge in [0, 0.05) is 28.7 Å². The van der Waals surface area contributed by atoms with E-state index in [0.717, 1.165) is 27.7 Å². The molecule has 1 aromatic heterocycles. The van der Waals surface area contributed by atoms with E-state index in [1.54, 1.807) is 13.2 Å². The number of methoxy groups -OCH3 is 1. The zero-order chi connectivity index (χ0) is 19.6. The number of hydrogen-bond donors (Lipinski definition) is 2. The first-order chi connectivity index (χ1) is 12.9. The van der Waals surface area contributed by atoms with Gasteiger partial charge in [0.25, 0.3) is 5.91 Å². The van der Waals surface area contributed by atoms with E-state index in [9.17, 15) is 4.79 Å². The molecule has 27 heavy (non-hydrogen) atoms. The summed E-state index contributed by atoms with van der Waals surface area (Å²) in [7, 11) is 1.56. The number of carbonyl (C=O) groups excluding carboxylic acids is 1. The molecule has 2 aromatic carbocycles. The lowest BCUT2D eigenvalue weighted by molar-refractivity contribution is 0.0951. The molecule has 0 aliphatic carbocycles. The number of aromatic amines is 1. The number of fused-ring (bicyclic) bond motifs is 1. The van der Waals surface area contributed by atoms with Crippen molar-refractivity contribution in [2.45, 2.75) is 27.3 Å². The third-order valence-electron chi connectivity index (χ3n) is 4.60. The van der Waals surface area contributed by atoms with Crippen LogP contribution in [-0.2, 0) is 6.54 Å². The molecule has 3 rings (SSSR count). The second-order valence-electron chi connectivity index (χ2n) is 6.36. The average Bonchev–Trinajstić information content (AvgIpc) is 2.95. The fraction of sp³-hybridized carbons (Fsp3) is 0.286. The summed E-state index contributed by atoms with van der Waals surface area (Å²) in [6.07, 6.45) is 0. The van der Waals surface area contributed by atoms with Gasteiger partial charge in [-0.2, -0.15) is 0 Å². The SMILES string of the molecule is CCOc1c(Cl)cc(CNC(=O)c2ccc3[nH]c(C)c(C)c3c2)cc1OC. The van der Waals surface area contributed by atoms with Gasteiger partial charge in [0.1, 0.15) is 0 Å². The Bertz CT molecular complexity index is 995. The molecule has 0 aliphatic heterocycles. The molecule has 0 saturated heterocycles. The lowest BCUT2D eigenvalue weighted by Gasteiger charge is -2.13. The highest BCUT2D eigenvalue weighted by Gasteiger charge is 2.13. The van der Waals surface area contributed by atoms with Crippen molar-refractivity contribution in [3.8, 4) is 11.5 Å². The summed E-state index contributed by atoms with van der Waals surface area (Å²) in [4.78, 5) is 15.9. The Morgan fingerprint density at radius 2 is 2.00 bits per heavy atom. The Balaban J connectivity index is 1.77. The molecule has 0 atom stereocenters. The van der Waals surface area contributed by atoms with E-state index in [4.69, 9.17) is 21.1 Å². The van der Waals surface area contributed by atoms with Crippen LogP contribution in [-0.4, -0.2) is 24.6 Å². The van der Waals surface area contributed by atoms with E-state index in [-0.39, 0.29) is 5.91 Å². The third-order valence-corrected chi connectivity index (χ3v) is 4.88.